The maximum atomic E-state index is 12.4. The molecule has 0 unspecified atom stereocenters. The summed E-state index contributed by atoms with van der Waals surface area (Å²) in [5.74, 6) is 0.348. The van der Waals surface area contributed by atoms with Gasteiger partial charge in [-0.05, 0) is 43.7 Å². The van der Waals surface area contributed by atoms with Gasteiger partial charge in [-0.2, -0.15) is 0 Å². The summed E-state index contributed by atoms with van der Waals surface area (Å²) >= 11 is 6.88. The van der Waals surface area contributed by atoms with E-state index < -0.39 is 10.0 Å². The number of nitrogens with one attached hydrogen (secondary N) is 1. The number of aliphatic hydroxyl groups is 1. The third kappa shape index (κ3) is 2.41. The Morgan fingerprint density at radius 2 is 2.20 bits per heavy atom. The van der Waals surface area contributed by atoms with Gasteiger partial charge in [0.2, 0.25) is 10.0 Å². The number of rotatable bonds is 4. The van der Waals surface area contributed by atoms with Crippen molar-refractivity contribution in [1.29, 1.82) is 0 Å². The smallest absolute Gasteiger partial charge is 0.250 e. The molecule has 2 saturated carbocycles. The Morgan fingerprint density at radius 1 is 1.40 bits per heavy atom. The first-order valence-corrected chi connectivity index (χ1v) is 9.53. The van der Waals surface area contributed by atoms with Gasteiger partial charge in [0.25, 0.3) is 0 Å². The lowest BCUT2D eigenvalue weighted by Crippen LogP contribution is -2.51. The van der Waals surface area contributed by atoms with E-state index in [1.807, 2.05) is 0 Å². The first-order chi connectivity index (χ1) is 9.47. The number of hydrogen-bond donors (Lipinski definition) is 2. The average molecular weight is 336 g/mol. The number of hydrogen-bond acceptors (Lipinski definition) is 4. The molecule has 0 spiro atoms. The molecule has 3 rings (SSSR count). The Hall–Kier alpha value is -0.140. The fourth-order valence-electron chi connectivity index (χ4n) is 3.75. The second kappa shape index (κ2) is 5.25. The molecule has 7 heteroatoms. The molecular weight excluding hydrogens is 318 g/mol. The van der Waals surface area contributed by atoms with E-state index in [9.17, 15) is 13.5 Å². The fourth-order valence-corrected chi connectivity index (χ4v) is 6.65. The number of fused-ring (bicyclic) bond motifs is 2. The number of aliphatic hydroxyl groups excluding tert-OH is 1. The van der Waals surface area contributed by atoms with Crippen molar-refractivity contribution < 1.29 is 13.5 Å². The molecule has 2 N–H and O–H groups in total. The number of sulfonamides is 1. The summed E-state index contributed by atoms with van der Waals surface area (Å²) in [5, 5.41) is 9.76. The first-order valence-electron chi connectivity index (χ1n) is 6.85. The molecule has 112 valence electrons. The van der Waals surface area contributed by atoms with E-state index >= 15 is 0 Å². The molecule has 2 aliphatic carbocycles. The zero-order valence-corrected chi connectivity index (χ0v) is 13.4. The molecule has 2 bridgehead atoms. The van der Waals surface area contributed by atoms with Crippen molar-refractivity contribution in [3.8, 4) is 0 Å². The van der Waals surface area contributed by atoms with Crippen LogP contribution >= 0.6 is 22.9 Å². The van der Waals surface area contributed by atoms with Gasteiger partial charge in [0.1, 0.15) is 4.21 Å². The highest BCUT2D eigenvalue weighted by Gasteiger charge is 2.51. The molecule has 2 fully saturated rings. The molecule has 4 nitrogen and oxygen atoms in total. The molecule has 1 heterocycles. The SMILES string of the molecule is O=S(=O)(N[C@@H]1[C@H]2CCC[C@]1(CO)CC2)c1ccc(Cl)s1. The Bertz CT molecular complexity index is 597. The zero-order valence-electron chi connectivity index (χ0n) is 11.0. The normalized spacial score (nSPS) is 33.5. The second-order valence-corrected chi connectivity index (χ2v) is 9.52. The second-order valence-electron chi connectivity index (χ2n) is 5.87. The van der Waals surface area contributed by atoms with E-state index in [2.05, 4.69) is 4.72 Å². The predicted octanol–water partition coefficient (Wildman–Crippen LogP) is 2.62. The van der Waals surface area contributed by atoms with E-state index in [-0.39, 0.29) is 22.3 Å². The van der Waals surface area contributed by atoms with Crippen LogP contribution in [-0.2, 0) is 10.0 Å². The third-order valence-electron chi connectivity index (χ3n) is 4.80. The molecule has 3 atom stereocenters. The summed E-state index contributed by atoms with van der Waals surface area (Å²) in [6, 6.07) is 2.98. The number of thiophene rings is 1. The van der Waals surface area contributed by atoms with Crippen LogP contribution in [0.2, 0.25) is 4.34 Å². The van der Waals surface area contributed by atoms with Gasteiger partial charge in [-0.25, -0.2) is 13.1 Å². The quantitative estimate of drug-likeness (QED) is 0.888. The summed E-state index contributed by atoms with van der Waals surface area (Å²) in [5.41, 5.74) is -0.267. The minimum absolute atomic E-state index is 0.0574. The summed E-state index contributed by atoms with van der Waals surface area (Å²) in [7, 11) is -3.54. The fraction of sp³-hybridized carbons (Fsp3) is 0.692. The lowest BCUT2D eigenvalue weighted by Gasteiger charge is -2.40. The van der Waals surface area contributed by atoms with Crippen molar-refractivity contribution in [2.75, 3.05) is 6.61 Å². The van der Waals surface area contributed by atoms with Crippen LogP contribution in [0.25, 0.3) is 0 Å². The van der Waals surface area contributed by atoms with Crippen molar-refractivity contribution in [2.24, 2.45) is 11.3 Å². The van der Waals surface area contributed by atoms with Gasteiger partial charge in [-0.15, -0.1) is 11.3 Å². The maximum absolute atomic E-state index is 12.4. The van der Waals surface area contributed by atoms with E-state index in [0.29, 0.717) is 10.3 Å². The molecule has 0 amide bonds. The molecule has 0 radical (unpaired) electrons. The first kappa shape index (κ1) is 14.8. The van der Waals surface area contributed by atoms with Crippen LogP contribution in [0.5, 0.6) is 0 Å². The topological polar surface area (TPSA) is 66.4 Å². The molecule has 0 saturated heterocycles. The van der Waals surface area contributed by atoms with Crippen molar-refractivity contribution in [2.45, 2.75) is 42.4 Å². The van der Waals surface area contributed by atoms with Crippen LogP contribution in [0.3, 0.4) is 0 Å². The minimum atomic E-state index is -3.54. The Labute approximate surface area is 128 Å². The maximum Gasteiger partial charge on any atom is 0.250 e. The number of halogens is 1. The monoisotopic (exact) mass is 335 g/mol. The predicted molar refractivity (Wildman–Crippen MR) is 79.5 cm³/mol. The molecular formula is C13H18ClNO3S2. The lowest BCUT2D eigenvalue weighted by atomic mass is 9.72. The van der Waals surface area contributed by atoms with Crippen LogP contribution < -0.4 is 4.72 Å². The molecule has 0 aromatic carbocycles. The van der Waals surface area contributed by atoms with E-state index in [1.54, 1.807) is 6.07 Å². The third-order valence-corrected chi connectivity index (χ3v) is 7.97. The standard InChI is InChI=1S/C13H18ClNO3S2/c14-10-3-4-11(19-10)20(17,18)15-12-9-2-1-6-13(12,8-16)7-5-9/h3-4,9,12,15-16H,1-2,5-8H2/t9-,12+,13+/m0/s1. The minimum Gasteiger partial charge on any atom is -0.396 e. The Morgan fingerprint density at radius 3 is 2.85 bits per heavy atom. The van der Waals surface area contributed by atoms with E-state index in [0.717, 1.165) is 43.4 Å². The average Bonchev–Trinajstić information content (AvgIpc) is 2.90. The lowest BCUT2D eigenvalue weighted by molar-refractivity contribution is 0.0697. The van der Waals surface area contributed by atoms with Gasteiger partial charge in [0.15, 0.2) is 0 Å². The van der Waals surface area contributed by atoms with Crippen molar-refractivity contribution in [1.82, 2.24) is 4.72 Å². The van der Waals surface area contributed by atoms with Crippen LogP contribution in [-0.4, -0.2) is 26.2 Å². The summed E-state index contributed by atoms with van der Waals surface area (Å²) in [6.45, 7) is 0.0574. The summed E-state index contributed by atoms with van der Waals surface area (Å²) in [6.07, 6.45) is 4.93. The van der Waals surface area contributed by atoms with Gasteiger partial charge < -0.3 is 5.11 Å². The highest BCUT2D eigenvalue weighted by Crippen LogP contribution is 2.51. The Kier molecular flexibility index (Phi) is 3.88. The van der Waals surface area contributed by atoms with E-state index in [4.69, 9.17) is 11.6 Å². The van der Waals surface area contributed by atoms with Crippen LogP contribution in [0, 0.1) is 11.3 Å². The van der Waals surface area contributed by atoms with Crippen molar-refractivity contribution in [3.05, 3.63) is 16.5 Å². The van der Waals surface area contributed by atoms with Crippen LogP contribution in [0.1, 0.15) is 32.1 Å². The molecule has 1 aromatic heterocycles. The highest BCUT2D eigenvalue weighted by molar-refractivity contribution is 7.91. The summed E-state index contributed by atoms with van der Waals surface area (Å²) < 4.78 is 28.5. The molecule has 2 aliphatic rings. The van der Waals surface area contributed by atoms with Gasteiger partial charge >= 0.3 is 0 Å². The molecule has 0 aliphatic heterocycles. The van der Waals surface area contributed by atoms with Crippen molar-refractivity contribution in [3.63, 3.8) is 0 Å². The largest absolute Gasteiger partial charge is 0.396 e. The van der Waals surface area contributed by atoms with Gasteiger partial charge in [-0.3, -0.25) is 0 Å². The van der Waals surface area contributed by atoms with Gasteiger partial charge in [-0.1, -0.05) is 18.0 Å². The van der Waals surface area contributed by atoms with Gasteiger partial charge in [0.05, 0.1) is 10.9 Å². The zero-order chi connectivity index (χ0) is 14.4. The summed E-state index contributed by atoms with van der Waals surface area (Å²) in [4.78, 5) is 0. The Balaban J connectivity index is 1.87. The van der Waals surface area contributed by atoms with Crippen LogP contribution in [0.4, 0.5) is 0 Å². The highest BCUT2D eigenvalue weighted by atomic mass is 35.5. The van der Waals surface area contributed by atoms with Crippen molar-refractivity contribution >= 4 is 33.0 Å². The van der Waals surface area contributed by atoms with Gasteiger partial charge in [0, 0.05) is 11.5 Å². The molecule has 20 heavy (non-hydrogen) atoms. The molecule has 1 aromatic rings. The van der Waals surface area contributed by atoms with E-state index in [1.165, 1.54) is 6.07 Å². The van der Waals surface area contributed by atoms with Crippen LogP contribution in [0.15, 0.2) is 16.3 Å².